The topological polar surface area (TPSA) is 38.0 Å². The lowest BCUT2D eigenvalue weighted by molar-refractivity contribution is 0.505. The van der Waals surface area contributed by atoms with Crippen molar-refractivity contribution in [3.63, 3.8) is 0 Å². The first-order chi connectivity index (χ1) is 7.19. The van der Waals surface area contributed by atoms with Gasteiger partial charge >= 0.3 is 0 Å². The maximum absolute atomic E-state index is 13.6. The molecule has 0 aliphatic carbocycles. The molecular weight excluding hydrogens is 259 g/mol. The largest absolute Gasteiger partial charge is 0.329 e. The summed E-state index contributed by atoms with van der Waals surface area (Å²) in [5.41, 5.74) is 6.25. The van der Waals surface area contributed by atoms with E-state index in [0.29, 0.717) is 12.1 Å². The third-order valence-corrected chi connectivity index (χ3v) is 2.71. The normalized spacial score (nSPS) is 12.8. The summed E-state index contributed by atoms with van der Waals surface area (Å²) in [7, 11) is 0. The molecule has 0 bridgehead atoms. The van der Waals surface area contributed by atoms with Crippen molar-refractivity contribution in [3.8, 4) is 0 Å². The third kappa shape index (κ3) is 3.55. The summed E-state index contributed by atoms with van der Waals surface area (Å²) in [6, 6.07) is 4.96. The Kier molecular flexibility index (Phi) is 5.22. The third-order valence-electron chi connectivity index (χ3n) is 2.21. The van der Waals surface area contributed by atoms with Crippen LogP contribution in [0.25, 0.3) is 0 Å². The molecule has 2 nitrogen and oxygen atoms in total. The van der Waals surface area contributed by atoms with E-state index < -0.39 is 0 Å². The van der Waals surface area contributed by atoms with Gasteiger partial charge in [0.2, 0.25) is 0 Å². The zero-order valence-electron chi connectivity index (χ0n) is 8.76. The summed E-state index contributed by atoms with van der Waals surface area (Å²) in [4.78, 5) is 0. The first-order valence-electron chi connectivity index (χ1n) is 5.07. The van der Waals surface area contributed by atoms with Crippen molar-refractivity contribution < 1.29 is 4.39 Å². The molecular formula is C11H16BrFN2. The second kappa shape index (κ2) is 6.20. The summed E-state index contributed by atoms with van der Waals surface area (Å²) in [5.74, 6) is -0.219. The van der Waals surface area contributed by atoms with Gasteiger partial charge in [-0.15, -0.1) is 0 Å². The Morgan fingerprint density at radius 3 is 2.80 bits per heavy atom. The molecule has 0 heterocycles. The Hall–Kier alpha value is -0.450. The van der Waals surface area contributed by atoms with Crippen molar-refractivity contribution in [3.05, 3.63) is 34.1 Å². The Morgan fingerprint density at radius 1 is 1.53 bits per heavy atom. The van der Waals surface area contributed by atoms with Gasteiger partial charge in [0.05, 0.1) is 0 Å². The molecule has 4 heteroatoms. The Balaban J connectivity index is 2.81. The predicted octanol–water partition coefficient (Wildman–Crippen LogP) is 2.59. The van der Waals surface area contributed by atoms with Crippen LogP contribution in [0.5, 0.6) is 0 Å². The number of halogens is 2. The van der Waals surface area contributed by atoms with Gasteiger partial charge in [0.25, 0.3) is 0 Å². The smallest absolute Gasteiger partial charge is 0.129 e. The maximum atomic E-state index is 13.6. The van der Waals surface area contributed by atoms with Gasteiger partial charge in [0.15, 0.2) is 0 Å². The van der Waals surface area contributed by atoms with Gasteiger partial charge in [-0.2, -0.15) is 0 Å². The minimum Gasteiger partial charge on any atom is -0.329 e. The first-order valence-corrected chi connectivity index (χ1v) is 5.86. The molecule has 0 fully saturated rings. The summed E-state index contributed by atoms with van der Waals surface area (Å²) in [6.45, 7) is 3.31. The van der Waals surface area contributed by atoms with Crippen molar-refractivity contribution in [1.82, 2.24) is 5.32 Å². The molecule has 1 aromatic rings. The quantitative estimate of drug-likeness (QED) is 0.866. The molecule has 3 N–H and O–H groups in total. The van der Waals surface area contributed by atoms with Gasteiger partial charge < -0.3 is 11.1 Å². The van der Waals surface area contributed by atoms with E-state index in [1.54, 1.807) is 6.07 Å². The van der Waals surface area contributed by atoms with E-state index in [9.17, 15) is 4.39 Å². The highest BCUT2D eigenvalue weighted by molar-refractivity contribution is 9.10. The van der Waals surface area contributed by atoms with E-state index in [2.05, 4.69) is 28.2 Å². The average Bonchev–Trinajstić information content (AvgIpc) is 2.21. The van der Waals surface area contributed by atoms with Gasteiger partial charge in [-0.1, -0.05) is 28.9 Å². The van der Waals surface area contributed by atoms with Gasteiger partial charge in [-0.25, -0.2) is 4.39 Å². The number of hydrogen-bond donors (Lipinski definition) is 2. The number of hydrogen-bond acceptors (Lipinski definition) is 2. The molecule has 0 spiro atoms. The molecule has 84 valence electrons. The highest BCUT2D eigenvalue weighted by Gasteiger charge is 2.13. The van der Waals surface area contributed by atoms with Crippen LogP contribution in [0.4, 0.5) is 4.39 Å². The number of rotatable bonds is 5. The van der Waals surface area contributed by atoms with E-state index in [1.807, 2.05) is 6.07 Å². The fraction of sp³-hybridized carbons (Fsp3) is 0.455. The number of nitrogens with two attached hydrogens (primary N) is 1. The van der Waals surface area contributed by atoms with Crippen LogP contribution < -0.4 is 11.1 Å². The van der Waals surface area contributed by atoms with Crippen molar-refractivity contribution in [2.24, 2.45) is 5.73 Å². The number of benzene rings is 1. The van der Waals surface area contributed by atoms with E-state index in [0.717, 1.165) is 17.4 Å². The highest BCUT2D eigenvalue weighted by Crippen LogP contribution is 2.20. The second-order valence-electron chi connectivity index (χ2n) is 3.41. The predicted molar refractivity (Wildman–Crippen MR) is 64.2 cm³/mol. The standard InChI is InChI=1S/C11H16BrFN2/c1-2-5-15-11(7-14)9-4-3-8(12)6-10(9)13/h3-4,6,11,15H,2,5,7,14H2,1H3. The molecule has 1 unspecified atom stereocenters. The lowest BCUT2D eigenvalue weighted by atomic mass is 10.1. The van der Waals surface area contributed by atoms with Crippen LogP contribution in [0, 0.1) is 5.82 Å². The summed E-state index contributed by atoms with van der Waals surface area (Å²) >= 11 is 3.23. The van der Waals surface area contributed by atoms with Crippen molar-refractivity contribution in [2.75, 3.05) is 13.1 Å². The minimum absolute atomic E-state index is 0.0990. The zero-order chi connectivity index (χ0) is 11.3. The van der Waals surface area contributed by atoms with Crippen LogP contribution in [-0.2, 0) is 0 Å². The zero-order valence-corrected chi connectivity index (χ0v) is 10.3. The van der Waals surface area contributed by atoms with E-state index >= 15 is 0 Å². The molecule has 0 aliphatic rings. The molecule has 15 heavy (non-hydrogen) atoms. The molecule has 1 rings (SSSR count). The van der Waals surface area contributed by atoms with Crippen LogP contribution in [0.3, 0.4) is 0 Å². The molecule has 0 radical (unpaired) electrons. The Bertz CT molecular complexity index is 317. The van der Waals surface area contributed by atoms with Gasteiger partial charge in [-0.05, 0) is 25.1 Å². The fourth-order valence-corrected chi connectivity index (χ4v) is 1.76. The van der Waals surface area contributed by atoms with Crippen LogP contribution in [0.1, 0.15) is 24.9 Å². The first kappa shape index (κ1) is 12.6. The molecule has 0 aromatic heterocycles. The molecule has 0 amide bonds. The lowest BCUT2D eigenvalue weighted by Gasteiger charge is -2.17. The highest BCUT2D eigenvalue weighted by atomic mass is 79.9. The summed E-state index contributed by atoms with van der Waals surface area (Å²) in [5, 5.41) is 3.22. The maximum Gasteiger partial charge on any atom is 0.129 e. The van der Waals surface area contributed by atoms with Gasteiger partial charge in [0.1, 0.15) is 5.82 Å². The fourth-order valence-electron chi connectivity index (χ4n) is 1.42. The van der Waals surface area contributed by atoms with E-state index in [-0.39, 0.29) is 11.9 Å². The molecule has 1 aromatic carbocycles. The Morgan fingerprint density at radius 2 is 2.27 bits per heavy atom. The lowest BCUT2D eigenvalue weighted by Crippen LogP contribution is -2.29. The van der Waals surface area contributed by atoms with Crippen molar-refractivity contribution >= 4 is 15.9 Å². The van der Waals surface area contributed by atoms with Crippen LogP contribution in [0.2, 0.25) is 0 Å². The Labute approximate surface area is 98.2 Å². The van der Waals surface area contributed by atoms with Crippen LogP contribution >= 0.6 is 15.9 Å². The second-order valence-corrected chi connectivity index (χ2v) is 4.32. The van der Waals surface area contributed by atoms with Gasteiger partial charge in [-0.3, -0.25) is 0 Å². The van der Waals surface area contributed by atoms with Crippen LogP contribution in [-0.4, -0.2) is 13.1 Å². The SMILES string of the molecule is CCCNC(CN)c1ccc(Br)cc1F. The summed E-state index contributed by atoms with van der Waals surface area (Å²) in [6.07, 6.45) is 1.01. The van der Waals surface area contributed by atoms with E-state index in [1.165, 1.54) is 6.07 Å². The number of nitrogens with one attached hydrogen (secondary N) is 1. The van der Waals surface area contributed by atoms with Crippen molar-refractivity contribution in [2.45, 2.75) is 19.4 Å². The summed E-state index contributed by atoms with van der Waals surface area (Å²) < 4.78 is 14.3. The average molecular weight is 275 g/mol. The minimum atomic E-state index is -0.219. The molecule has 1 atom stereocenters. The van der Waals surface area contributed by atoms with E-state index in [4.69, 9.17) is 5.73 Å². The monoisotopic (exact) mass is 274 g/mol. The van der Waals surface area contributed by atoms with Gasteiger partial charge in [0, 0.05) is 22.6 Å². The molecule has 0 saturated carbocycles. The van der Waals surface area contributed by atoms with Crippen LogP contribution in [0.15, 0.2) is 22.7 Å². The molecule has 0 aliphatic heterocycles. The van der Waals surface area contributed by atoms with Crippen molar-refractivity contribution in [1.29, 1.82) is 0 Å². The molecule has 0 saturated heterocycles.